The Balaban J connectivity index is 1.17. The van der Waals surface area contributed by atoms with Crippen LogP contribution in [0.25, 0.3) is 5.65 Å². The van der Waals surface area contributed by atoms with Crippen LogP contribution in [0.4, 0.5) is 23.8 Å². The van der Waals surface area contributed by atoms with E-state index in [1.807, 2.05) is 17.8 Å². The normalized spacial score (nSPS) is 17.3. The van der Waals surface area contributed by atoms with Crippen LogP contribution in [-0.4, -0.2) is 74.2 Å². The number of pyridine rings is 1. The van der Waals surface area contributed by atoms with E-state index in [4.69, 9.17) is 4.74 Å². The molecule has 1 aliphatic carbocycles. The van der Waals surface area contributed by atoms with E-state index in [-0.39, 0.29) is 29.1 Å². The van der Waals surface area contributed by atoms with Gasteiger partial charge in [-0.3, -0.25) is 10.1 Å². The topological polar surface area (TPSA) is 97.0 Å². The van der Waals surface area contributed by atoms with Gasteiger partial charge in [-0.1, -0.05) is 0 Å². The highest BCUT2D eigenvalue weighted by Gasteiger charge is 2.55. The lowest BCUT2D eigenvalue weighted by Crippen LogP contribution is -2.67. The molecule has 1 spiro atoms. The molecular formula is C22H24F3N7O3. The number of hydrogen-bond donors (Lipinski definition) is 1. The van der Waals surface area contributed by atoms with E-state index >= 15 is 0 Å². The first kappa shape index (κ1) is 23.0. The summed E-state index contributed by atoms with van der Waals surface area (Å²) < 4.78 is 47.7. The summed E-state index contributed by atoms with van der Waals surface area (Å²) >= 11 is 0. The van der Waals surface area contributed by atoms with Gasteiger partial charge >= 0.3 is 12.2 Å². The Morgan fingerprint density at radius 3 is 2.60 bits per heavy atom. The molecule has 4 heterocycles. The zero-order chi connectivity index (χ0) is 25.1. The fourth-order valence-electron chi connectivity index (χ4n) is 4.95. The van der Waals surface area contributed by atoms with Crippen molar-refractivity contribution in [2.24, 2.45) is 12.5 Å². The maximum atomic E-state index is 13.1. The van der Waals surface area contributed by atoms with Crippen molar-refractivity contribution in [1.29, 1.82) is 0 Å². The first-order valence-corrected chi connectivity index (χ1v) is 10.9. The SMILES string of the molecule is COc1cc(C(F)(F)F)cc(NC(=O)N(C)C2CC3(C2)CN(C(=O)c2cnn4ccn(C)c24)C3)n1. The molecular weight excluding hydrogens is 467 g/mol. The predicted octanol–water partition coefficient (Wildman–Crippen LogP) is 2.86. The molecule has 0 aromatic carbocycles. The van der Waals surface area contributed by atoms with Crippen LogP contribution in [0.5, 0.6) is 5.88 Å². The van der Waals surface area contributed by atoms with E-state index in [9.17, 15) is 22.8 Å². The fraction of sp³-hybridized carbons (Fsp3) is 0.455. The molecule has 1 saturated carbocycles. The largest absolute Gasteiger partial charge is 0.481 e. The second-order valence-electron chi connectivity index (χ2n) is 9.28. The fourth-order valence-corrected chi connectivity index (χ4v) is 4.95. The van der Waals surface area contributed by atoms with Crippen LogP contribution >= 0.6 is 0 Å². The highest BCUT2D eigenvalue weighted by atomic mass is 19.4. The van der Waals surface area contributed by atoms with Crippen molar-refractivity contribution < 1.29 is 27.5 Å². The van der Waals surface area contributed by atoms with Gasteiger partial charge in [0.25, 0.3) is 5.91 Å². The summed E-state index contributed by atoms with van der Waals surface area (Å²) in [5.41, 5.74) is 0.269. The molecule has 0 atom stereocenters. The summed E-state index contributed by atoms with van der Waals surface area (Å²) in [6.45, 7) is 1.18. The lowest BCUT2D eigenvalue weighted by atomic mass is 9.60. The lowest BCUT2D eigenvalue weighted by Gasteiger charge is -2.60. The Bertz CT molecular complexity index is 1300. The van der Waals surface area contributed by atoms with Crippen molar-refractivity contribution >= 4 is 23.4 Å². The van der Waals surface area contributed by atoms with Gasteiger partial charge in [0.1, 0.15) is 17.0 Å². The summed E-state index contributed by atoms with van der Waals surface area (Å²) in [5, 5.41) is 6.64. The average molecular weight is 491 g/mol. The maximum Gasteiger partial charge on any atom is 0.416 e. The number of aryl methyl sites for hydroxylation is 1. The first-order chi connectivity index (χ1) is 16.5. The molecule has 2 fully saturated rings. The summed E-state index contributed by atoms with van der Waals surface area (Å²) in [4.78, 5) is 32.7. The third-order valence-corrected chi connectivity index (χ3v) is 6.88. The summed E-state index contributed by atoms with van der Waals surface area (Å²) in [5.74, 6) is -0.562. The van der Waals surface area contributed by atoms with Crippen LogP contribution in [0.15, 0.2) is 30.7 Å². The molecule has 0 radical (unpaired) electrons. The van der Waals surface area contributed by atoms with Crippen molar-refractivity contribution in [3.63, 3.8) is 0 Å². The molecule has 10 nitrogen and oxygen atoms in total. The number of fused-ring (bicyclic) bond motifs is 1. The number of halogens is 3. The molecule has 1 saturated heterocycles. The van der Waals surface area contributed by atoms with E-state index in [1.54, 1.807) is 28.9 Å². The lowest BCUT2D eigenvalue weighted by molar-refractivity contribution is -0.137. The molecule has 13 heteroatoms. The van der Waals surface area contributed by atoms with Crippen LogP contribution < -0.4 is 10.1 Å². The average Bonchev–Trinajstić information content (AvgIpc) is 3.33. The quantitative estimate of drug-likeness (QED) is 0.606. The molecule has 2 aliphatic rings. The van der Waals surface area contributed by atoms with Crippen molar-refractivity contribution in [3.05, 3.63) is 41.9 Å². The number of anilines is 1. The first-order valence-electron chi connectivity index (χ1n) is 10.9. The number of rotatable bonds is 4. The number of alkyl halides is 3. The van der Waals surface area contributed by atoms with E-state index in [0.717, 1.165) is 17.8 Å². The number of ether oxygens (including phenoxy) is 1. The number of imidazole rings is 1. The number of carbonyl (C=O) groups is 2. The number of urea groups is 1. The minimum absolute atomic E-state index is 0.0486. The second kappa shape index (κ2) is 7.89. The molecule has 1 aliphatic heterocycles. The van der Waals surface area contributed by atoms with Gasteiger partial charge in [-0.05, 0) is 18.9 Å². The van der Waals surface area contributed by atoms with E-state index in [2.05, 4.69) is 15.4 Å². The Morgan fingerprint density at radius 1 is 1.23 bits per heavy atom. The van der Waals surface area contributed by atoms with E-state index < -0.39 is 17.8 Å². The molecule has 3 amide bonds. The van der Waals surface area contributed by atoms with Crippen molar-refractivity contribution in [1.82, 2.24) is 29.0 Å². The smallest absolute Gasteiger partial charge is 0.416 e. The molecule has 0 unspecified atom stereocenters. The van der Waals surface area contributed by atoms with Crippen LogP contribution in [0.2, 0.25) is 0 Å². The number of nitrogens with zero attached hydrogens (tertiary/aromatic N) is 6. The van der Waals surface area contributed by atoms with Crippen LogP contribution in [0, 0.1) is 5.41 Å². The van der Waals surface area contributed by atoms with Gasteiger partial charge in [0.2, 0.25) is 5.88 Å². The standard InChI is InChI=1S/C22H24F3N7O3/c1-29-4-5-32-18(29)15(10-26-32)19(33)31-11-21(12-31)8-14(9-21)30(2)20(34)28-16-6-13(22(23,24)25)7-17(27-16)35-3/h4-7,10,14H,8-9,11-12H2,1-3H3,(H,27,28,34). The third kappa shape index (κ3) is 3.94. The predicted molar refractivity (Wildman–Crippen MR) is 118 cm³/mol. The zero-order valence-corrected chi connectivity index (χ0v) is 19.3. The molecule has 35 heavy (non-hydrogen) atoms. The number of carbonyl (C=O) groups excluding carboxylic acids is 2. The number of nitrogens with one attached hydrogen (secondary N) is 1. The Labute approximate surface area is 198 Å². The van der Waals surface area contributed by atoms with Crippen LogP contribution in [0.3, 0.4) is 0 Å². The number of methoxy groups -OCH3 is 1. The highest BCUT2D eigenvalue weighted by molar-refractivity contribution is 6.00. The van der Waals surface area contributed by atoms with Gasteiger partial charge in [-0.2, -0.15) is 23.3 Å². The van der Waals surface area contributed by atoms with Gasteiger partial charge in [0.15, 0.2) is 0 Å². The molecule has 186 valence electrons. The number of hydrogen-bond acceptors (Lipinski definition) is 5. The monoisotopic (exact) mass is 491 g/mol. The number of aromatic nitrogens is 4. The highest BCUT2D eigenvalue weighted by Crippen LogP contribution is 2.50. The van der Waals surface area contributed by atoms with Gasteiger partial charge in [0, 0.05) is 57.1 Å². The number of amides is 3. The molecule has 3 aromatic rings. The van der Waals surface area contributed by atoms with Gasteiger partial charge in [-0.15, -0.1) is 0 Å². The van der Waals surface area contributed by atoms with Crippen molar-refractivity contribution in [2.45, 2.75) is 25.1 Å². The van der Waals surface area contributed by atoms with Crippen molar-refractivity contribution in [3.8, 4) is 5.88 Å². The Kier molecular flexibility index (Phi) is 5.18. The van der Waals surface area contributed by atoms with E-state index in [1.165, 1.54) is 12.0 Å². The van der Waals surface area contributed by atoms with E-state index in [0.29, 0.717) is 31.5 Å². The minimum atomic E-state index is -4.60. The maximum absolute atomic E-state index is 13.1. The zero-order valence-electron chi connectivity index (χ0n) is 19.3. The second-order valence-corrected chi connectivity index (χ2v) is 9.28. The molecule has 3 aromatic heterocycles. The molecule has 1 N–H and O–H groups in total. The van der Waals surface area contributed by atoms with Crippen molar-refractivity contribution in [2.75, 3.05) is 32.6 Å². The summed E-state index contributed by atoms with van der Waals surface area (Å²) in [6, 6.07) is 0.894. The number of likely N-dealkylation sites (tertiary alicyclic amines) is 1. The van der Waals surface area contributed by atoms with Gasteiger partial charge in [-0.25, -0.2) is 9.31 Å². The molecule has 0 bridgehead atoms. The van der Waals surface area contributed by atoms with Crippen LogP contribution in [0.1, 0.15) is 28.8 Å². The summed E-state index contributed by atoms with van der Waals surface area (Å²) in [7, 11) is 4.66. The van der Waals surface area contributed by atoms with Gasteiger partial charge in [0.05, 0.1) is 18.9 Å². The van der Waals surface area contributed by atoms with Gasteiger partial charge < -0.3 is 19.1 Å². The van der Waals surface area contributed by atoms with Crippen LogP contribution in [-0.2, 0) is 13.2 Å². The summed E-state index contributed by atoms with van der Waals surface area (Å²) in [6.07, 6.45) is 1.99. The third-order valence-electron chi connectivity index (χ3n) is 6.88. The Morgan fingerprint density at radius 2 is 1.94 bits per heavy atom. The minimum Gasteiger partial charge on any atom is -0.481 e. The Hall–Kier alpha value is -3.77. The molecule has 5 rings (SSSR count).